The number of hydrogen-bond donors (Lipinski definition) is 1. The number of nitrogens with zero attached hydrogens (tertiary/aromatic N) is 4. The second kappa shape index (κ2) is 5.56. The lowest BCUT2D eigenvalue weighted by atomic mass is 10.2. The molecular weight excluding hydrogens is 310 g/mol. The highest BCUT2D eigenvalue weighted by Gasteiger charge is 2.17. The number of carbonyl (C=O) groups excluding carboxylic acids is 1. The molecule has 1 amide bonds. The maximum Gasteiger partial charge on any atom is 0.237 e. The van der Waals surface area contributed by atoms with E-state index in [1.54, 1.807) is 6.20 Å². The molecule has 102 valence electrons. The van der Waals surface area contributed by atoms with E-state index in [4.69, 9.17) is 5.73 Å². The number of hydrogen-bond acceptors (Lipinski definition) is 4. The molecule has 2 rings (SSSR count). The third-order valence-corrected chi connectivity index (χ3v) is 2.94. The third-order valence-electron chi connectivity index (χ3n) is 2.56. The topological polar surface area (TPSA) is 76.5 Å². The van der Waals surface area contributed by atoms with Crippen LogP contribution < -0.4 is 10.6 Å². The van der Waals surface area contributed by atoms with Crippen molar-refractivity contribution in [3.8, 4) is 0 Å². The van der Waals surface area contributed by atoms with E-state index in [2.05, 4.69) is 39.7 Å². The number of carbonyl (C=O) groups is 1. The van der Waals surface area contributed by atoms with Gasteiger partial charge in [0.2, 0.25) is 5.91 Å². The van der Waals surface area contributed by atoms with E-state index < -0.39 is 0 Å². The van der Waals surface area contributed by atoms with Crippen LogP contribution in [-0.4, -0.2) is 33.4 Å². The summed E-state index contributed by atoms with van der Waals surface area (Å²) in [7, 11) is 0. The number of nitrogens with two attached hydrogens (primary N) is 1. The highest BCUT2D eigenvalue weighted by Crippen LogP contribution is 2.21. The molecule has 0 saturated carbocycles. The van der Waals surface area contributed by atoms with E-state index >= 15 is 0 Å². The number of imidazole rings is 1. The van der Waals surface area contributed by atoms with E-state index in [0.717, 1.165) is 0 Å². The molecule has 0 bridgehead atoms. The third kappa shape index (κ3) is 3.23. The van der Waals surface area contributed by atoms with Crippen LogP contribution in [0.4, 0.5) is 5.82 Å². The van der Waals surface area contributed by atoms with Crippen LogP contribution in [0, 0.1) is 5.92 Å². The zero-order valence-corrected chi connectivity index (χ0v) is 12.5. The lowest BCUT2D eigenvalue weighted by Crippen LogP contribution is -2.37. The van der Waals surface area contributed by atoms with Gasteiger partial charge in [-0.05, 0) is 21.8 Å². The van der Waals surface area contributed by atoms with Gasteiger partial charge in [0.25, 0.3) is 0 Å². The predicted molar refractivity (Wildman–Crippen MR) is 76.9 cm³/mol. The fraction of sp³-hybridized carbons (Fsp3) is 0.417. The summed E-state index contributed by atoms with van der Waals surface area (Å²) in [4.78, 5) is 21.8. The Morgan fingerprint density at radius 3 is 2.95 bits per heavy atom. The molecule has 0 aromatic carbocycles. The maximum absolute atomic E-state index is 11.2. The number of aromatic nitrogens is 3. The average molecular weight is 326 g/mol. The minimum absolute atomic E-state index is 0.129. The fourth-order valence-electron chi connectivity index (χ4n) is 1.95. The molecule has 0 radical (unpaired) electrons. The fourth-order valence-corrected chi connectivity index (χ4v) is 2.34. The van der Waals surface area contributed by atoms with Crippen molar-refractivity contribution in [2.75, 3.05) is 18.0 Å². The van der Waals surface area contributed by atoms with Crippen molar-refractivity contribution in [3.63, 3.8) is 0 Å². The van der Waals surface area contributed by atoms with Crippen LogP contribution >= 0.6 is 15.9 Å². The van der Waals surface area contributed by atoms with Gasteiger partial charge in [-0.3, -0.25) is 4.79 Å². The monoisotopic (exact) mass is 325 g/mol. The van der Waals surface area contributed by atoms with Gasteiger partial charge in [0, 0.05) is 25.1 Å². The molecule has 7 heteroatoms. The first-order chi connectivity index (χ1) is 8.97. The van der Waals surface area contributed by atoms with E-state index in [-0.39, 0.29) is 12.5 Å². The van der Waals surface area contributed by atoms with Gasteiger partial charge in [-0.2, -0.15) is 0 Å². The predicted octanol–water partition coefficient (Wildman–Crippen LogP) is 1.44. The normalized spacial score (nSPS) is 11.2. The quantitative estimate of drug-likeness (QED) is 0.902. The van der Waals surface area contributed by atoms with Crippen molar-refractivity contribution < 1.29 is 4.79 Å². The molecule has 2 aromatic rings. The van der Waals surface area contributed by atoms with Gasteiger partial charge in [-0.15, -0.1) is 0 Å². The molecule has 0 saturated heterocycles. The molecular formula is C12H16BrN5O. The summed E-state index contributed by atoms with van der Waals surface area (Å²) in [5.41, 5.74) is 6.03. The summed E-state index contributed by atoms with van der Waals surface area (Å²) in [5, 5.41) is 0. The van der Waals surface area contributed by atoms with Crippen LogP contribution in [0.1, 0.15) is 13.8 Å². The average Bonchev–Trinajstić information content (AvgIpc) is 2.73. The van der Waals surface area contributed by atoms with E-state index in [1.165, 1.54) is 0 Å². The molecule has 0 aliphatic carbocycles. The van der Waals surface area contributed by atoms with Gasteiger partial charge >= 0.3 is 0 Å². The molecule has 0 spiro atoms. The molecule has 2 heterocycles. The smallest absolute Gasteiger partial charge is 0.237 e. The molecule has 0 atom stereocenters. The highest BCUT2D eigenvalue weighted by molar-refractivity contribution is 9.10. The molecule has 0 unspecified atom stereocenters. The summed E-state index contributed by atoms with van der Waals surface area (Å²) >= 11 is 3.37. The van der Waals surface area contributed by atoms with Crippen molar-refractivity contribution >= 4 is 33.3 Å². The Bertz CT molecular complexity index is 595. The summed E-state index contributed by atoms with van der Waals surface area (Å²) < 4.78 is 2.55. The minimum Gasteiger partial charge on any atom is -0.368 e. The minimum atomic E-state index is -0.382. The van der Waals surface area contributed by atoms with Crippen LogP contribution in [0.25, 0.3) is 5.65 Å². The van der Waals surface area contributed by atoms with Crippen LogP contribution in [0.15, 0.2) is 23.2 Å². The number of rotatable bonds is 5. The van der Waals surface area contributed by atoms with E-state index in [9.17, 15) is 4.79 Å². The van der Waals surface area contributed by atoms with Gasteiger partial charge in [-0.25, -0.2) is 9.97 Å². The van der Waals surface area contributed by atoms with Crippen molar-refractivity contribution in [2.45, 2.75) is 13.8 Å². The highest BCUT2D eigenvalue weighted by atomic mass is 79.9. The summed E-state index contributed by atoms with van der Waals surface area (Å²) in [5.74, 6) is 0.661. The zero-order valence-electron chi connectivity index (χ0n) is 10.9. The molecule has 2 aromatic heterocycles. The number of primary amides is 1. The number of fused-ring (bicyclic) bond motifs is 1. The number of amides is 1. The number of halogens is 1. The van der Waals surface area contributed by atoms with Crippen molar-refractivity contribution in [3.05, 3.63) is 23.2 Å². The lowest BCUT2D eigenvalue weighted by Gasteiger charge is -2.24. The first kappa shape index (κ1) is 13.8. The molecule has 19 heavy (non-hydrogen) atoms. The van der Waals surface area contributed by atoms with Gasteiger partial charge < -0.3 is 15.0 Å². The molecule has 0 aliphatic heterocycles. The number of anilines is 1. The van der Waals surface area contributed by atoms with Crippen LogP contribution in [0.3, 0.4) is 0 Å². The zero-order chi connectivity index (χ0) is 14.0. The Labute approximate surface area is 119 Å². The first-order valence-corrected chi connectivity index (χ1v) is 6.79. The van der Waals surface area contributed by atoms with Gasteiger partial charge in [0.05, 0.1) is 6.54 Å². The second-order valence-electron chi connectivity index (χ2n) is 4.79. The Balaban J connectivity index is 2.47. The van der Waals surface area contributed by atoms with Crippen LogP contribution in [0.2, 0.25) is 0 Å². The van der Waals surface area contributed by atoms with Gasteiger partial charge in [0.1, 0.15) is 4.60 Å². The molecule has 0 fully saturated rings. The Hall–Kier alpha value is -1.63. The Morgan fingerprint density at radius 2 is 2.32 bits per heavy atom. The molecule has 2 N–H and O–H groups in total. The standard InChI is InChI=1S/C12H16BrN5O/c1-8(2)5-18(7-10(14)19)12-11-15-3-4-17(11)6-9(13)16-12/h3-4,6,8H,5,7H2,1-2H3,(H2,14,19). The summed E-state index contributed by atoms with van der Waals surface area (Å²) in [6.07, 6.45) is 5.36. The Kier molecular flexibility index (Phi) is 4.04. The van der Waals surface area contributed by atoms with Crippen LogP contribution in [-0.2, 0) is 4.79 Å². The Morgan fingerprint density at radius 1 is 1.58 bits per heavy atom. The summed E-state index contributed by atoms with van der Waals surface area (Å²) in [6.45, 7) is 4.97. The van der Waals surface area contributed by atoms with Crippen LogP contribution in [0.5, 0.6) is 0 Å². The second-order valence-corrected chi connectivity index (χ2v) is 5.60. The van der Waals surface area contributed by atoms with Crippen molar-refractivity contribution in [1.82, 2.24) is 14.4 Å². The van der Waals surface area contributed by atoms with Gasteiger partial charge in [0.15, 0.2) is 11.5 Å². The molecule has 0 aliphatic rings. The van der Waals surface area contributed by atoms with E-state index in [0.29, 0.717) is 28.5 Å². The first-order valence-electron chi connectivity index (χ1n) is 6.00. The largest absolute Gasteiger partial charge is 0.368 e. The van der Waals surface area contributed by atoms with E-state index in [1.807, 2.05) is 21.7 Å². The van der Waals surface area contributed by atoms with Crippen molar-refractivity contribution in [1.29, 1.82) is 0 Å². The maximum atomic E-state index is 11.2. The van der Waals surface area contributed by atoms with Crippen molar-refractivity contribution in [2.24, 2.45) is 11.7 Å². The summed E-state index contributed by atoms with van der Waals surface area (Å²) in [6, 6.07) is 0. The lowest BCUT2D eigenvalue weighted by molar-refractivity contribution is -0.116. The SMILES string of the molecule is CC(C)CN(CC(N)=O)c1nc(Br)cn2ccnc12. The molecule has 6 nitrogen and oxygen atoms in total. The van der Waals surface area contributed by atoms with Gasteiger partial charge in [-0.1, -0.05) is 13.8 Å².